The van der Waals surface area contributed by atoms with Crippen molar-refractivity contribution in [3.05, 3.63) is 100 Å². The van der Waals surface area contributed by atoms with Crippen LogP contribution in [0.5, 0.6) is 0 Å². The number of carbonyl (C=O) groups is 1. The van der Waals surface area contributed by atoms with Gasteiger partial charge < -0.3 is 21.3 Å². The number of fused-ring (bicyclic) bond motifs is 3. The van der Waals surface area contributed by atoms with Crippen molar-refractivity contribution < 1.29 is 9.18 Å². The molecule has 0 radical (unpaired) electrons. The van der Waals surface area contributed by atoms with Gasteiger partial charge in [-0.05, 0) is 81.9 Å². The van der Waals surface area contributed by atoms with Gasteiger partial charge in [0.1, 0.15) is 12.0 Å². The second kappa shape index (κ2) is 13.2. The van der Waals surface area contributed by atoms with Gasteiger partial charge >= 0.3 is 0 Å². The molecular formula is C34H34ClFN8O. The van der Waals surface area contributed by atoms with Gasteiger partial charge in [0.05, 0.1) is 23.6 Å². The third-order valence-corrected chi connectivity index (χ3v) is 8.45. The highest BCUT2D eigenvalue weighted by Gasteiger charge is 2.31. The van der Waals surface area contributed by atoms with Crippen LogP contribution >= 0.6 is 11.6 Å². The van der Waals surface area contributed by atoms with Gasteiger partial charge in [0.15, 0.2) is 0 Å². The van der Waals surface area contributed by atoms with Crippen molar-refractivity contribution in [2.24, 2.45) is 21.6 Å². The predicted octanol–water partition coefficient (Wildman–Crippen LogP) is 5.86. The fourth-order valence-electron chi connectivity index (χ4n) is 5.78. The maximum Gasteiger partial charge on any atom is 0.227 e. The fraction of sp³-hybridized carbons (Fsp3) is 0.265. The van der Waals surface area contributed by atoms with Crippen LogP contribution in [0.3, 0.4) is 0 Å². The van der Waals surface area contributed by atoms with E-state index >= 15 is 0 Å². The van der Waals surface area contributed by atoms with Crippen LogP contribution in [-0.4, -0.2) is 59.0 Å². The third-order valence-electron chi connectivity index (χ3n) is 8.22. The number of amides is 1. The monoisotopic (exact) mass is 624 g/mol. The number of carbonyl (C=O) groups excluding carboxylic acids is 1. The van der Waals surface area contributed by atoms with E-state index in [1.54, 1.807) is 36.5 Å². The lowest BCUT2D eigenvalue weighted by Crippen LogP contribution is -2.45. The van der Waals surface area contributed by atoms with Gasteiger partial charge in [-0.2, -0.15) is 0 Å². The molecule has 3 aromatic carbocycles. The molecule has 2 heterocycles. The Labute approximate surface area is 266 Å². The summed E-state index contributed by atoms with van der Waals surface area (Å²) in [5.41, 5.74) is 11.5. The summed E-state index contributed by atoms with van der Waals surface area (Å²) in [4.78, 5) is 33.3. The minimum atomic E-state index is -0.678. The second-order valence-corrected chi connectivity index (χ2v) is 12.0. The van der Waals surface area contributed by atoms with E-state index < -0.39 is 6.17 Å². The van der Waals surface area contributed by atoms with Crippen LogP contribution in [-0.2, 0) is 11.3 Å². The average Bonchev–Trinajstić information content (AvgIpc) is 3.48. The summed E-state index contributed by atoms with van der Waals surface area (Å²) in [6.07, 6.45) is 5.31. The predicted molar refractivity (Wildman–Crippen MR) is 177 cm³/mol. The lowest BCUT2D eigenvalue weighted by Gasteiger charge is -2.19. The molecule has 4 aromatic rings. The largest absolute Gasteiger partial charge is 0.336 e. The molecule has 9 nitrogen and oxygen atoms in total. The van der Waals surface area contributed by atoms with Crippen LogP contribution in [0.2, 0.25) is 5.02 Å². The molecule has 3 atom stereocenters. The van der Waals surface area contributed by atoms with Gasteiger partial charge in [-0.15, -0.1) is 0 Å². The molecule has 0 saturated heterocycles. The molecule has 1 aliphatic carbocycles. The summed E-state index contributed by atoms with van der Waals surface area (Å²) >= 11 is 6.37. The van der Waals surface area contributed by atoms with Gasteiger partial charge in [-0.3, -0.25) is 14.8 Å². The number of aromatic nitrogens is 2. The summed E-state index contributed by atoms with van der Waals surface area (Å²) in [6, 6.07) is 19.8. The first kappa shape index (κ1) is 30.5. The van der Waals surface area contributed by atoms with Crippen molar-refractivity contribution in [3.8, 4) is 11.3 Å². The van der Waals surface area contributed by atoms with Crippen molar-refractivity contribution in [1.82, 2.24) is 20.2 Å². The molecule has 1 saturated carbocycles. The van der Waals surface area contributed by atoms with E-state index in [1.165, 1.54) is 12.3 Å². The third kappa shape index (κ3) is 6.93. The highest BCUT2D eigenvalue weighted by Crippen LogP contribution is 2.34. The van der Waals surface area contributed by atoms with Crippen LogP contribution in [0, 0.1) is 11.7 Å². The van der Waals surface area contributed by atoms with Gasteiger partial charge in [0.2, 0.25) is 11.9 Å². The molecule has 3 unspecified atom stereocenters. The number of hydrogen-bond acceptors (Lipinski definition) is 8. The van der Waals surface area contributed by atoms with E-state index in [2.05, 4.69) is 25.5 Å². The SMILES string of the molecule is CN(C)C1CCC(C(=O)NC(N)C=Nc2ccc(Nc3ncc4c(n3)-c3ccc(Cl)cc3C(c3ccccc3F)=NC4)cc2)C1. The Morgan fingerprint density at radius 1 is 1.09 bits per heavy atom. The van der Waals surface area contributed by atoms with Crippen LogP contribution in [0.15, 0.2) is 82.9 Å². The molecule has 45 heavy (non-hydrogen) atoms. The summed E-state index contributed by atoms with van der Waals surface area (Å²) < 4.78 is 14.8. The Morgan fingerprint density at radius 2 is 1.89 bits per heavy atom. The van der Waals surface area contributed by atoms with E-state index in [-0.39, 0.29) is 24.2 Å². The average molecular weight is 625 g/mol. The number of halogens is 2. The number of nitrogens with two attached hydrogens (primary N) is 1. The first-order valence-electron chi connectivity index (χ1n) is 14.8. The Hall–Kier alpha value is -4.51. The summed E-state index contributed by atoms with van der Waals surface area (Å²) in [5.74, 6) is -0.0127. The molecule has 11 heteroatoms. The first-order chi connectivity index (χ1) is 21.7. The summed E-state index contributed by atoms with van der Waals surface area (Å²) in [6.45, 7) is 0.290. The molecule has 6 rings (SSSR count). The quantitative estimate of drug-likeness (QED) is 0.167. The smallest absolute Gasteiger partial charge is 0.227 e. The minimum absolute atomic E-state index is 0.0230. The molecule has 0 bridgehead atoms. The van der Waals surface area contributed by atoms with Crippen LogP contribution in [0.4, 0.5) is 21.7 Å². The number of hydrogen-bond donors (Lipinski definition) is 3. The zero-order chi connectivity index (χ0) is 31.5. The maximum atomic E-state index is 14.8. The second-order valence-electron chi connectivity index (χ2n) is 11.5. The number of nitrogens with one attached hydrogen (secondary N) is 2. The normalized spacial score (nSPS) is 18.2. The fourth-order valence-corrected chi connectivity index (χ4v) is 5.95. The van der Waals surface area contributed by atoms with E-state index in [9.17, 15) is 9.18 Å². The van der Waals surface area contributed by atoms with Gasteiger partial charge in [0.25, 0.3) is 0 Å². The zero-order valence-electron chi connectivity index (χ0n) is 25.0. The van der Waals surface area contributed by atoms with Crippen LogP contribution in [0.25, 0.3) is 11.3 Å². The molecule has 2 aliphatic rings. The molecule has 0 spiro atoms. The number of benzene rings is 3. The molecule has 1 aromatic heterocycles. The van der Waals surface area contributed by atoms with Crippen molar-refractivity contribution in [1.29, 1.82) is 0 Å². The number of anilines is 2. The molecule has 1 fully saturated rings. The lowest BCUT2D eigenvalue weighted by molar-refractivity contribution is -0.125. The Balaban J connectivity index is 1.14. The molecule has 1 aliphatic heterocycles. The molecule has 230 valence electrons. The lowest BCUT2D eigenvalue weighted by atomic mass is 9.95. The van der Waals surface area contributed by atoms with Crippen molar-refractivity contribution in [2.75, 3.05) is 19.4 Å². The standard InChI is InChI=1S/C34H34ClFN8O/c1-44(2)25-13-7-20(15-25)33(45)42-30(37)19-38-23-9-11-24(12-10-23)41-34-40-18-21-17-39-32(27-5-3-4-6-29(27)36)28-16-22(35)8-14-26(28)31(21)43-34/h3-6,8-12,14,16,18-20,25,30H,7,13,15,17,37H2,1-2H3,(H,42,45)(H,40,41,43). The summed E-state index contributed by atoms with van der Waals surface area (Å²) in [5, 5.41) is 6.62. The van der Waals surface area contributed by atoms with E-state index in [1.807, 2.05) is 44.4 Å². The minimum Gasteiger partial charge on any atom is -0.336 e. The number of aliphatic imine (C=N–C) groups is 2. The van der Waals surface area contributed by atoms with E-state index in [0.29, 0.717) is 45.2 Å². The van der Waals surface area contributed by atoms with Gasteiger partial charge in [-0.25, -0.2) is 14.4 Å². The van der Waals surface area contributed by atoms with Crippen molar-refractivity contribution >= 4 is 46.8 Å². The zero-order valence-corrected chi connectivity index (χ0v) is 25.8. The van der Waals surface area contributed by atoms with Crippen LogP contribution in [0.1, 0.15) is 36.0 Å². The number of nitrogens with zero attached hydrogens (tertiary/aromatic N) is 5. The van der Waals surface area contributed by atoms with E-state index in [4.69, 9.17) is 27.3 Å². The Kier molecular flexibility index (Phi) is 8.97. The van der Waals surface area contributed by atoms with Crippen molar-refractivity contribution in [3.63, 3.8) is 0 Å². The van der Waals surface area contributed by atoms with Gasteiger partial charge in [-0.1, -0.05) is 29.8 Å². The topological polar surface area (TPSA) is 121 Å². The van der Waals surface area contributed by atoms with E-state index in [0.717, 1.165) is 36.1 Å². The van der Waals surface area contributed by atoms with Crippen LogP contribution < -0.4 is 16.4 Å². The molecular weight excluding hydrogens is 591 g/mol. The van der Waals surface area contributed by atoms with Gasteiger partial charge in [0, 0.05) is 57.3 Å². The molecule has 4 N–H and O–H groups in total. The Bertz CT molecular complexity index is 1770. The number of rotatable bonds is 8. The Morgan fingerprint density at radius 3 is 2.64 bits per heavy atom. The maximum absolute atomic E-state index is 14.8. The van der Waals surface area contributed by atoms with Crippen molar-refractivity contribution in [2.45, 2.75) is 38.0 Å². The molecule has 1 amide bonds. The highest BCUT2D eigenvalue weighted by atomic mass is 35.5. The summed E-state index contributed by atoms with van der Waals surface area (Å²) in [7, 11) is 4.09. The highest BCUT2D eigenvalue weighted by molar-refractivity contribution is 6.31. The first-order valence-corrected chi connectivity index (χ1v) is 15.2.